The lowest BCUT2D eigenvalue weighted by Gasteiger charge is -2.25. The summed E-state index contributed by atoms with van der Waals surface area (Å²) in [5.41, 5.74) is 0.579. The Morgan fingerprint density at radius 3 is 2.28 bits per heavy atom. The second-order valence-corrected chi connectivity index (χ2v) is 7.47. The van der Waals surface area contributed by atoms with Gasteiger partial charge < -0.3 is 25.1 Å². The van der Waals surface area contributed by atoms with Crippen LogP contribution >= 0.6 is 0 Å². The first-order valence-corrected chi connectivity index (χ1v) is 10.9. The van der Waals surface area contributed by atoms with E-state index in [9.17, 15) is 28.0 Å². The Bertz CT molecular complexity index is 1050. The van der Waals surface area contributed by atoms with Crippen LogP contribution in [0.4, 0.5) is 8.78 Å². The molecule has 0 heterocycles. The van der Waals surface area contributed by atoms with Gasteiger partial charge in [0.1, 0.15) is 12.0 Å². The number of carbonyl (C=O) groups is 5. The van der Waals surface area contributed by atoms with E-state index in [1.165, 1.54) is 35.2 Å². The van der Waals surface area contributed by atoms with Crippen LogP contribution in [0.15, 0.2) is 42.5 Å². The molecule has 0 aliphatic carbocycles. The number of alkyl halides is 2. The second-order valence-electron chi connectivity index (χ2n) is 7.47. The van der Waals surface area contributed by atoms with E-state index >= 15 is 0 Å². The third-order valence-corrected chi connectivity index (χ3v) is 5.13. The maximum atomic E-state index is 12.9. The SMILES string of the molecule is CC(CCC=O)N(C)C(=O)c1cccc(CNC(=O)c2ccccc2OC(F)F)c1C=O.CNC=O. The average molecular weight is 506 g/mol. The summed E-state index contributed by atoms with van der Waals surface area (Å²) in [7, 11) is 3.15. The van der Waals surface area contributed by atoms with Crippen molar-refractivity contribution in [3.8, 4) is 5.75 Å². The number of para-hydroxylation sites is 1. The second kappa shape index (κ2) is 15.7. The molecular weight excluding hydrogens is 476 g/mol. The van der Waals surface area contributed by atoms with Crippen molar-refractivity contribution < 1.29 is 37.5 Å². The summed E-state index contributed by atoms with van der Waals surface area (Å²) in [6.07, 6.45) is 2.73. The molecule has 194 valence electrons. The lowest BCUT2D eigenvalue weighted by Crippen LogP contribution is -2.36. The molecule has 2 rings (SSSR count). The molecule has 0 fully saturated rings. The Balaban J connectivity index is 0.00000150. The van der Waals surface area contributed by atoms with Crippen LogP contribution in [0.3, 0.4) is 0 Å². The van der Waals surface area contributed by atoms with Crippen LogP contribution in [0.25, 0.3) is 0 Å². The Morgan fingerprint density at radius 1 is 1.06 bits per heavy atom. The standard InChI is InChI=1S/C23H24F2N2O5.C2H5NO/c1-15(7-6-12-28)27(2)22(31)17-10-5-8-16(19(17)14-29)13-26-21(30)18-9-3-4-11-20(18)32-23(24)25;1-3-2-4/h3-5,8-12,14-15,23H,6-7,13H2,1-2H3,(H,26,30);2H,1H3,(H,3,4). The minimum atomic E-state index is -3.08. The van der Waals surface area contributed by atoms with Crippen molar-refractivity contribution in [1.82, 2.24) is 15.5 Å². The van der Waals surface area contributed by atoms with Gasteiger partial charge in [0.25, 0.3) is 11.8 Å². The van der Waals surface area contributed by atoms with Gasteiger partial charge in [0.2, 0.25) is 6.41 Å². The van der Waals surface area contributed by atoms with Crippen molar-refractivity contribution in [3.05, 3.63) is 64.7 Å². The van der Waals surface area contributed by atoms with Gasteiger partial charge in [0.15, 0.2) is 6.29 Å². The monoisotopic (exact) mass is 505 g/mol. The normalized spacial score (nSPS) is 10.8. The zero-order chi connectivity index (χ0) is 27.1. The smallest absolute Gasteiger partial charge is 0.387 e. The highest BCUT2D eigenvalue weighted by molar-refractivity contribution is 6.02. The van der Waals surface area contributed by atoms with Crippen molar-refractivity contribution in [3.63, 3.8) is 0 Å². The fraction of sp³-hybridized carbons (Fsp3) is 0.320. The average Bonchev–Trinajstić information content (AvgIpc) is 2.89. The van der Waals surface area contributed by atoms with Gasteiger partial charge in [0.05, 0.1) is 11.1 Å². The van der Waals surface area contributed by atoms with Crippen molar-refractivity contribution in [2.24, 2.45) is 0 Å². The van der Waals surface area contributed by atoms with Crippen LogP contribution in [0, 0.1) is 0 Å². The number of halogens is 2. The van der Waals surface area contributed by atoms with E-state index < -0.39 is 18.4 Å². The van der Waals surface area contributed by atoms with Gasteiger partial charge in [-0.3, -0.25) is 19.2 Å². The third kappa shape index (κ3) is 8.90. The topological polar surface area (TPSA) is 122 Å². The largest absolute Gasteiger partial charge is 0.434 e. The van der Waals surface area contributed by atoms with Crippen LogP contribution in [0.5, 0.6) is 5.75 Å². The quantitative estimate of drug-likeness (QED) is 0.428. The fourth-order valence-corrected chi connectivity index (χ4v) is 3.11. The van der Waals surface area contributed by atoms with Crippen LogP contribution < -0.4 is 15.4 Å². The first-order valence-electron chi connectivity index (χ1n) is 10.9. The van der Waals surface area contributed by atoms with Crippen LogP contribution in [0.2, 0.25) is 0 Å². The zero-order valence-electron chi connectivity index (χ0n) is 20.2. The summed E-state index contributed by atoms with van der Waals surface area (Å²) in [4.78, 5) is 58.3. The molecule has 0 spiro atoms. The number of ether oxygens (including phenoxy) is 1. The maximum absolute atomic E-state index is 12.9. The summed E-state index contributed by atoms with van der Waals surface area (Å²) in [6, 6.07) is 10.00. The number of hydrogen-bond acceptors (Lipinski definition) is 6. The molecule has 1 atom stereocenters. The Kier molecular flexibility index (Phi) is 13.0. The predicted octanol–water partition coefficient (Wildman–Crippen LogP) is 2.83. The van der Waals surface area contributed by atoms with E-state index in [0.717, 1.165) is 6.29 Å². The molecule has 0 saturated carbocycles. The number of nitrogens with one attached hydrogen (secondary N) is 2. The third-order valence-electron chi connectivity index (χ3n) is 5.13. The highest BCUT2D eigenvalue weighted by Gasteiger charge is 2.22. The molecule has 3 amide bonds. The predicted molar refractivity (Wildman–Crippen MR) is 128 cm³/mol. The van der Waals surface area contributed by atoms with Crippen molar-refractivity contribution in [2.75, 3.05) is 14.1 Å². The van der Waals surface area contributed by atoms with Gasteiger partial charge >= 0.3 is 6.61 Å². The molecule has 0 bridgehead atoms. The molecule has 0 aliphatic rings. The number of carbonyl (C=O) groups excluding carboxylic acids is 5. The first-order chi connectivity index (χ1) is 17.2. The van der Waals surface area contributed by atoms with Crippen molar-refractivity contribution in [2.45, 2.75) is 39.0 Å². The van der Waals surface area contributed by atoms with Crippen LogP contribution in [0.1, 0.15) is 56.4 Å². The maximum Gasteiger partial charge on any atom is 0.387 e. The Hall–Kier alpha value is -4.15. The van der Waals surface area contributed by atoms with E-state index in [1.807, 2.05) is 0 Å². The fourth-order valence-electron chi connectivity index (χ4n) is 3.11. The van der Waals surface area contributed by atoms with Crippen molar-refractivity contribution >= 4 is 30.8 Å². The molecule has 0 aliphatic heterocycles. The zero-order valence-corrected chi connectivity index (χ0v) is 20.2. The highest BCUT2D eigenvalue weighted by atomic mass is 19.3. The summed E-state index contributed by atoms with van der Waals surface area (Å²) < 4.78 is 29.5. The molecule has 36 heavy (non-hydrogen) atoms. The number of benzene rings is 2. The molecule has 0 saturated heterocycles. The van der Waals surface area contributed by atoms with Crippen LogP contribution in [-0.4, -0.2) is 62.4 Å². The minimum absolute atomic E-state index is 0.0866. The molecule has 2 aromatic carbocycles. The molecule has 11 heteroatoms. The molecule has 0 radical (unpaired) electrons. The van der Waals surface area contributed by atoms with E-state index in [0.29, 0.717) is 31.1 Å². The number of hydrogen-bond donors (Lipinski definition) is 2. The van der Waals surface area contributed by atoms with E-state index in [4.69, 9.17) is 4.79 Å². The van der Waals surface area contributed by atoms with Gasteiger partial charge in [-0.05, 0) is 37.1 Å². The molecule has 9 nitrogen and oxygen atoms in total. The van der Waals surface area contributed by atoms with Gasteiger partial charge in [-0.1, -0.05) is 24.3 Å². The number of rotatable bonds is 12. The molecule has 0 aromatic heterocycles. The molecule has 2 N–H and O–H groups in total. The summed E-state index contributed by atoms with van der Waals surface area (Å²) in [5, 5.41) is 4.81. The highest BCUT2D eigenvalue weighted by Crippen LogP contribution is 2.21. The molecular formula is C25H29F2N3O6. The Labute approximate surface area is 207 Å². The number of nitrogens with zero attached hydrogens (tertiary/aromatic N) is 1. The van der Waals surface area contributed by atoms with Gasteiger partial charge in [-0.15, -0.1) is 0 Å². The van der Waals surface area contributed by atoms with E-state index in [2.05, 4.69) is 15.4 Å². The van der Waals surface area contributed by atoms with E-state index in [-0.39, 0.29) is 35.0 Å². The van der Waals surface area contributed by atoms with Gasteiger partial charge in [-0.25, -0.2) is 0 Å². The number of amides is 3. The first kappa shape index (κ1) is 29.9. The van der Waals surface area contributed by atoms with E-state index in [1.54, 1.807) is 33.2 Å². The summed E-state index contributed by atoms with van der Waals surface area (Å²) in [5.74, 6) is -1.34. The van der Waals surface area contributed by atoms with Crippen LogP contribution in [-0.2, 0) is 16.1 Å². The lowest BCUT2D eigenvalue weighted by molar-refractivity contribution is -0.109. The summed E-state index contributed by atoms with van der Waals surface area (Å²) >= 11 is 0. The minimum Gasteiger partial charge on any atom is -0.434 e. The number of aldehydes is 2. The van der Waals surface area contributed by atoms with Gasteiger partial charge in [0, 0.05) is 38.7 Å². The Morgan fingerprint density at radius 2 is 1.69 bits per heavy atom. The van der Waals surface area contributed by atoms with Crippen molar-refractivity contribution in [1.29, 1.82) is 0 Å². The lowest BCUT2D eigenvalue weighted by atomic mass is 10.00. The molecule has 1 unspecified atom stereocenters. The molecule has 2 aromatic rings. The summed E-state index contributed by atoms with van der Waals surface area (Å²) in [6.45, 7) is -1.40. The van der Waals surface area contributed by atoms with Gasteiger partial charge in [-0.2, -0.15) is 8.78 Å².